The Hall–Kier alpha value is -2.81. The van der Waals surface area contributed by atoms with Gasteiger partial charge in [0.25, 0.3) is 0 Å². The Labute approximate surface area is 212 Å². The smallest absolute Gasteiger partial charge is 0.437 e. The zero-order valence-corrected chi connectivity index (χ0v) is 21.1. The monoisotopic (exact) mass is 498 g/mol. The highest BCUT2D eigenvalue weighted by molar-refractivity contribution is 5.89. The molecule has 2 atom stereocenters. The number of nitrogens with zero attached hydrogens (tertiary/aromatic N) is 2. The molecule has 1 saturated heterocycles. The lowest BCUT2D eigenvalue weighted by atomic mass is 9.54. The predicted molar refractivity (Wildman–Crippen MR) is 134 cm³/mol. The van der Waals surface area contributed by atoms with E-state index in [-0.39, 0.29) is 30.3 Å². The van der Waals surface area contributed by atoms with Crippen molar-refractivity contribution in [1.29, 1.82) is 0 Å². The van der Waals surface area contributed by atoms with Gasteiger partial charge in [-0.3, -0.25) is 0 Å². The molecule has 2 amide bonds. The molecule has 6 rings (SSSR count). The van der Waals surface area contributed by atoms with Crippen LogP contribution < -0.4 is 11.1 Å². The molecule has 196 valence electrons. The number of guanidine groups is 1. The number of amides is 2. The number of nitrogens with one attached hydrogen (secondary N) is 1. The van der Waals surface area contributed by atoms with Gasteiger partial charge in [-0.15, -0.1) is 4.99 Å². The van der Waals surface area contributed by atoms with Gasteiger partial charge in [0.15, 0.2) is 6.23 Å². The summed E-state index contributed by atoms with van der Waals surface area (Å²) >= 11 is 0. The van der Waals surface area contributed by atoms with E-state index in [4.69, 9.17) is 19.9 Å². The molecule has 9 heteroatoms. The molecule has 0 spiro atoms. The molecule has 3 N–H and O–H groups in total. The van der Waals surface area contributed by atoms with E-state index in [0.29, 0.717) is 30.9 Å². The molecular weight excluding hydrogens is 460 g/mol. The summed E-state index contributed by atoms with van der Waals surface area (Å²) in [6, 6.07) is 9.07. The summed E-state index contributed by atoms with van der Waals surface area (Å²) in [4.78, 5) is 31.0. The fourth-order valence-corrected chi connectivity index (χ4v) is 7.18. The Bertz CT molecular complexity index is 933. The van der Waals surface area contributed by atoms with Crippen LogP contribution in [0.4, 0.5) is 9.59 Å². The molecule has 36 heavy (non-hydrogen) atoms. The van der Waals surface area contributed by atoms with Gasteiger partial charge in [-0.05, 0) is 81.6 Å². The summed E-state index contributed by atoms with van der Waals surface area (Å²) < 4.78 is 17.4. The van der Waals surface area contributed by atoms with Crippen LogP contribution in [0.1, 0.15) is 63.9 Å². The standard InChI is InChI=1S/C27H38N4O5/c1-2-34-23-22(29-26(33)36-27-14-19-11-20(15-27)13-21(12-19)16-27)9-6-10-31(23)24(28)30-25(32)35-17-18-7-4-3-5-8-18/h3-5,7-8,19-23H,2,6,9-17H2,1H3,(H,29,33)(H2,28,30,32). The summed E-state index contributed by atoms with van der Waals surface area (Å²) in [7, 11) is 0. The molecular formula is C27H38N4O5. The average molecular weight is 499 g/mol. The van der Waals surface area contributed by atoms with Crippen LogP contribution in [0.15, 0.2) is 35.3 Å². The Morgan fingerprint density at radius 3 is 2.42 bits per heavy atom. The van der Waals surface area contributed by atoms with E-state index in [9.17, 15) is 9.59 Å². The molecule has 1 aromatic carbocycles. The number of hydrogen-bond acceptors (Lipinski definition) is 5. The lowest BCUT2D eigenvalue weighted by molar-refractivity contribution is -0.130. The first-order chi connectivity index (χ1) is 17.4. The van der Waals surface area contributed by atoms with Crippen molar-refractivity contribution in [1.82, 2.24) is 10.2 Å². The zero-order chi connectivity index (χ0) is 25.1. The zero-order valence-electron chi connectivity index (χ0n) is 21.1. The van der Waals surface area contributed by atoms with Crippen molar-refractivity contribution in [2.45, 2.75) is 82.8 Å². The summed E-state index contributed by atoms with van der Waals surface area (Å²) in [6.45, 7) is 2.99. The number of nitrogens with two attached hydrogens (primary N) is 1. The number of carbonyl (C=O) groups is 2. The van der Waals surface area contributed by atoms with Crippen LogP contribution in [0.2, 0.25) is 0 Å². The van der Waals surface area contributed by atoms with E-state index in [2.05, 4.69) is 10.3 Å². The second kappa shape index (κ2) is 10.7. The van der Waals surface area contributed by atoms with E-state index in [1.807, 2.05) is 37.3 Å². The molecule has 2 unspecified atom stereocenters. The quantitative estimate of drug-likeness (QED) is 0.447. The van der Waals surface area contributed by atoms with Gasteiger partial charge in [-0.25, -0.2) is 9.59 Å². The minimum atomic E-state index is -0.761. The van der Waals surface area contributed by atoms with Gasteiger partial charge in [0, 0.05) is 13.2 Å². The number of rotatable bonds is 6. The highest BCUT2D eigenvalue weighted by atomic mass is 16.6. The number of likely N-dealkylation sites (tertiary alicyclic amines) is 1. The Balaban J connectivity index is 1.20. The van der Waals surface area contributed by atoms with Crippen molar-refractivity contribution >= 4 is 18.1 Å². The number of aliphatic imine (C=N–C) groups is 1. The van der Waals surface area contributed by atoms with Gasteiger partial charge in [-0.1, -0.05) is 30.3 Å². The average Bonchev–Trinajstić information content (AvgIpc) is 2.83. The fourth-order valence-electron chi connectivity index (χ4n) is 7.18. The number of alkyl carbamates (subject to hydrolysis) is 1. The predicted octanol–water partition coefficient (Wildman–Crippen LogP) is 4.16. The minimum Gasteiger partial charge on any atom is -0.443 e. The van der Waals surface area contributed by atoms with E-state index >= 15 is 0 Å². The molecule has 4 aliphatic carbocycles. The fraction of sp³-hybridized carbons (Fsp3) is 0.667. The maximum absolute atomic E-state index is 13.1. The van der Waals surface area contributed by atoms with Crippen molar-refractivity contribution < 1.29 is 23.8 Å². The van der Waals surface area contributed by atoms with Crippen LogP contribution in [-0.4, -0.2) is 54.1 Å². The maximum atomic E-state index is 13.1. The number of piperidine rings is 1. The number of benzene rings is 1. The van der Waals surface area contributed by atoms with Gasteiger partial charge in [-0.2, -0.15) is 0 Å². The summed E-state index contributed by atoms with van der Waals surface area (Å²) in [5.74, 6) is 2.11. The lowest BCUT2D eigenvalue weighted by Gasteiger charge is -2.55. The highest BCUT2D eigenvalue weighted by Crippen LogP contribution is 2.57. The first kappa shape index (κ1) is 24.9. The van der Waals surface area contributed by atoms with Crippen LogP contribution in [-0.2, 0) is 20.8 Å². The summed E-state index contributed by atoms with van der Waals surface area (Å²) in [6.07, 6.45) is 6.65. The van der Waals surface area contributed by atoms with Crippen LogP contribution in [0.3, 0.4) is 0 Å². The van der Waals surface area contributed by atoms with Crippen molar-refractivity contribution in [3.8, 4) is 0 Å². The van der Waals surface area contributed by atoms with Gasteiger partial charge in [0.05, 0.1) is 6.04 Å². The third-order valence-electron chi connectivity index (χ3n) is 8.20. The Kier molecular flexibility index (Phi) is 7.37. The van der Waals surface area contributed by atoms with Crippen molar-refractivity contribution in [2.24, 2.45) is 28.5 Å². The van der Waals surface area contributed by atoms with Crippen molar-refractivity contribution in [2.75, 3.05) is 13.2 Å². The van der Waals surface area contributed by atoms with E-state index < -0.39 is 12.3 Å². The summed E-state index contributed by atoms with van der Waals surface area (Å²) in [5, 5.41) is 3.06. The highest BCUT2D eigenvalue weighted by Gasteiger charge is 2.53. The van der Waals surface area contributed by atoms with Gasteiger partial charge < -0.3 is 30.2 Å². The second-order valence-corrected chi connectivity index (χ2v) is 10.9. The number of ether oxygens (including phenoxy) is 3. The van der Waals surface area contributed by atoms with Gasteiger partial charge in [0.1, 0.15) is 12.2 Å². The largest absolute Gasteiger partial charge is 0.443 e. The van der Waals surface area contributed by atoms with Gasteiger partial charge >= 0.3 is 12.2 Å². The number of carbonyl (C=O) groups excluding carboxylic acids is 2. The second-order valence-electron chi connectivity index (χ2n) is 10.9. The molecule has 9 nitrogen and oxygen atoms in total. The van der Waals surface area contributed by atoms with E-state index in [0.717, 1.165) is 37.7 Å². The van der Waals surface area contributed by atoms with Crippen molar-refractivity contribution in [3.05, 3.63) is 35.9 Å². The van der Waals surface area contributed by atoms with Crippen LogP contribution in [0.25, 0.3) is 0 Å². The molecule has 1 aliphatic heterocycles. The summed E-state index contributed by atoms with van der Waals surface area (Å²) in [5.41, 5.74) is 6.78. The minimum absolute atomic E-state index is 0.0208. The number of hydrogen-bond donors (Lipinski definition) is 2. The molecule has 1 heterocycles. The van der Waals surface area contributed by atoms with E-state index in [1.54, 1.807) is 4.90 Å². The normalized spacial score (nSPS) is 33.3. The third kappa shape index (κ3) is 5.61. The maximum Gasteiger partial charge on any atom is 0.437 e. The molecule has 0 radical (unpaired) electrons. The van der Waals surface area contributed by atoms with Crippen molar-refractivity contribution in [3.63, 3.8) is 0 Å². The molecule has 1 aromatic rings. The van der Waals surface area contributed by atoms with E-state index in [1.165, 1.54) is 19.3 Å². The third-order valence-corrected chi connectivity index (χ3v) is 8.20. The molecule has 5 fully saturated rings. The SMILES string of the molecule is CCOC1C(NC(=O)OC23CC4CC(CC(C4)C2)C3)CCCN1/C(N)=N/C(=O)OCc1ccccc1. The van der Waals surface area contributed by atoms with Gasteiger partial charge in [0.2, 0.25) is 5.96 Å². The topological polar surface area (TPSA) is 115 Å². The Morgan fingerprint density at radius 2 is 1.78 bits per heavy atom. The van der Waals surface area contributed by atoms with Crippen LogP contribution in [0, 0.1) is 17.8 Å². The van der Waals surface area contributed by atoms with Crippen LogP contribution in [0.5, 0.6) is 0 Å². The van der Waals surface area contributed by atoms with Crippen LogP contribution >= 0.6 is 0 Å². The molecule has 5 aliphatic rings. The first-order valence-corrected chi connectivity index (χ1v) is 13.4. The lowest BCUT2D eigenvalue weighted by Crippen LogP contribution is -2.61. The molecule has 0 aromatic heterocycles. The molecule has 4 bridgehead atoms. The molecule has 4 saturated carbocycles. The first-order valence-electron chi connectivity index (χ1n) is 13.4. The Morgan fingerprint density at radius 1 is 1.11 bits per heavy atom.